The van der Waals surface area contributed by atoms with Crippen molar-refractivity contribution in [1.82, 2.24) is 0 Å². The molecule has 0 saturated carbocycles. The third-order valence-corrected chi connectivity index (χ3v) is 1.84. The summed E-state index contributed by atoms with van der Waals surface area (Å²) in [6.07, 6.45) is -0.946. The summed E-state index contributed by atoms with van der Waals surface area (Å²) in [5.41, 5.74) is -0.320. The first-order chi connectivity index (χ1) is 5.99. The van der Waals surface area contributed by atoms with Gasteiger partial charge in [0.25, 0.3) is 0 Å². The molecule has 0 amide bonds. The van der Waals surface area contributed by atoms with Crippen molar-refractivity contribution in [2.24, 2.45) is 0 Å². The standard InChI is InChI=1S/C11H15FO/c1-11(2,13)8-10(12)9-6-4-3-5-7-9/h3-7,10,13H,8H2,1-2H3. The van der Waals surface area contributed by atoms with Gasteiger partial charge in [0.2, 0.25) is 0 Å². The van der Waals surface area contributed by atoms with Gasteiger partial charge in [-0.2, -0.15) is 0 Å². The molecule has 0 aliphatic carbocycles. The Morgan fingerprint density at radius 1 is 1.31 bits per heavy atom. The van der Waals surface area contributed by atoms with Gasteiger partial charge >= 0.3 is 0 Å². The minimum Gasteiger partial charge on any atom is -0.390 e. The predicted octanol–water partition coefficient (Wildman–Crippen LogP) is 2.86. The third-order valence-electron chi connectivity index (χ3n) is 1.84. The highest BCUT2D eigenvalue weighted by atomic mass is 19.1. The molecule has 1 N–H and O–H groups in total. The van der Waals surface area contributed by atoms with Crippen LogP contribution in [0.2, 0.25) is 0 Å². The summed E-state index contributed by atoms with van der Waals surface area (Å²) in [6.45, 7) is 3.23. The number of hydrogen-bond donors (Lipinski definition) is 1. The SMILES string of the molecule is CC(C)(O)CC(F)c1ccccc1. The van der Waals surface area contributed by atoms with Crippen molar-refractivity contribution >= 4 is 0 Å². The van der Waals surface area contributed by atoms with E-state index in [1.54, 1.807) is 38.1 Å². The highest BCUT2D eigenvalue weighted by Gasteiger charge is 2.20. The van der Waals surface area contributed by atoms with Crippen LogP contribution in [0.15, 0.2) is 30.3 Å². The maximum atomic E-state index is 13.5. The predicted molar refractivity (Wildman–Crippen MR) is 51.2 cm³/mol. The molecule has 2 heteroatoms. The molecule has 0 aliphatic rings. The lowest BCUT2D eigenvalue weighted by molar-refractivity contribution is 0.0436. The number of rotatable bonds is 3. The molecule has 0 spiro atoms. The second kappa shape index (κ2) is 3.88. The van der Waals surface area contributed by atoms with Crippen LogP contribution in [0, 0.1) is 0 Å². The fourth-order valence-electron chi connectivity index (χ4n) is 1.22. The average Bonchev–Trinajstić information content (AvgIpc) is 2.03. The average molecular weight is 182 g/mol. The van der Waals surface area contributed by atoms with Crippen LogP contribution in [0.5, 0.6) is 0 Å². The zero-order chi connectivity index (χ0) is 9.90. The number of alkyl halides is 1. The van der Waals surface area contributed by atoms with Gasteiger partial charge in [-0.1, -0.05) is 30.3 Å². The van der Waals surface area contributed by atoms with E-state index >= 15 is 0 Å². The first-order valence-corrected chi connectivity index (χ1v) is 4.40. The molecule has 0 bridgehead atoms. The van der Waals surface area contributed by atoms with Crippen LogP contribution in [0.1, 0.15) is 32.0 Å². The van der Waals surface area contributed by atoms with Crippen molar-refractivity contribution in [2.45, 2.75) is 32.0 Å². The van der Waals surface area contributed by atoms with Gasteiger partial charge in [0.15, 0.2) is 0 Å². The van der Waals surface area contributed by atoms with Crippen molar-refractivity contribution in [3.8, 4) is 0 Å². The van der Waals surface area contributed by atoms with Gasteiger partial charge in [-0.15, -0.1) is 0 Å². The number of hydrogen-bond acceptors (Lipinski definition) is 1. The van der Waals surface area contributed by atoms with E-state index in [9.17, 15) is 9.50 Å². The molecule has 0 heterocycles. The van der Waals surface area contributed by atoms with Gasteiger partial charge in [-0.25, -0.2) is 4.39 Å². The van der Waals surface area contributed by atoms with Crippen LogP contribution in [0.3, 0.4) is 0 Å². The van der Waals surface area contributed by atoms with Gasteiger partial charge in [0, 0.05) is 6.42 Å². The third kappa shape index (κ3) is 3.55. The maximum absolute atomic E-state index is 13.5. The van der Waals surface area contributed by atoms with Crippen LogP contribution in [-0.2, 0) is 0 Å². The largest absolute Gasteiger partial charge is 0.390 e. The number of halogens is 1. The minimum atomic E-state index is -1.08. The highest BCUT2D eigenvalue weighted by Crippen LogP contribution is 2.26. The first kappa shape index (κ1) is 10.2. The second-order valence-electron chi connectivity index (χ2n) is 3.89. The topological polar surface area (TPSA) is 20.2 Å². The van der Waals surface area contributed by atoms with Crippen LogP contribution < -0.4 is 0 Å². The monoisotopic (exact) mass is 182 g/mol. The first-order valence-electron chi connectivity index (χ1n) is 4.40. The van der Waals surface area contributed by atoms with Crippen LogP contribution in [-0.4, -0.2) is 10.7 Å². The van der Waals surface area contributed by atoms with Crippen molar-refractivity contribution in [3.63, 3.8) is 0 Å². The Balaban J connectivity index is 2.64. The molecule has 0 aromatic heterocycles. The summed E-state index contributed by atoms with van der Waals surface area (Å²) in [4.78, 5) is 0. The van der Waals surface area contributed by atoms with E-state index < -0.39 is 11.8 Å². The van der Waals surface area contributed by atoms with Crippen molar-refractivity contribution in [3.05, 3.63) is 35.9 Å². The zero-order valence-electron chi connectivity index (χ0n) is 8.00. The molecule has 0 aliphatic heterocycles. The lowest BCUT2D eigenvalue weighted by Crippen LogP contribution is -2.20. The lowest BCUT2D eigenvalue weighted by atomic mass is 9.97. The van der Waals surface area contributed by atoms with Crippen LogP contribution >= 0.6 is 0 Å². The van der Waals surface area contributed by atoms with Crippen molar-refractivity contribution in [1.29, 1.82) is 0 Å². The van der Waals surface area contributed by atoms with E-state index in [4.69, 9.17) is 0 Å². The summed E-state index contributed by atoms with van der Waals surface area (Å²) in [6, 6.07) is 8.91. The molecule has 0 radical (unpaired) electrons. The van der Waals surface area contributed by atoms with Gasteiger partial charge in [0.05, 0.1) is 5.60 Å². The Morgan fingerprint density at radius 3 is 2.31 bits per heavy atom. The molecule has 1 rings (SSSR count). The Labute approximate surface area is 78.2 Å². The molecular formula is C11H15FO. The number of aliphatic hydroxyl groups is 1. The Morgan fingerprint density at radius 2 is 1.85 bits per heavy atom. The normalized spacial score (nSPS) is 14.2. The van der Waals surface area contributed by atoms with Crippen LogP contribution in [0.4, 0.5) is 4.39 Å². The molecule has 72 valence electrons. The summed E-state index contributed by atoms with van der Waals surface area (Å²) < 4.78 is 13.5. The second-order valence-corrected chi connectivity index (χ2v) is 3.89. The van der Waals surface area contributed by atoms with Gasteiger partial charge in [-0.3, -0.25) is 0 Å². The van der Waals surface area contributed by atoms with Crippen LogP contribution in [0.25, 0.3) is 0 Å². The van der Waals surface area contributed by atoms with Gasteiger partial charge < -0.3 is 5.11 Å². The van der Waals surface area contributed by atoms with E-state index in [0.717, 1.165) is 0 Å². The van der Waals surface area contributed by atoms with Gasteiger partial charge in [0.1, 0.15) is 6.17 Å². The molecule has 1 atom stereocenters. The van der Waals surface area contributed by atoms with E-state index in [-0.39, 0.29) is 6.42 Å². The van der Waals surface area contributed by atoms with E-state index in [1.807, 2.05) is 6.07 Å². The summed E-state index contributed by atoms with van der Waals surface area (Å²) in [7, 11) is 0. The Hall–Kier alpha value is -0.890. The van der Waals surface area contributed by atoms with Gasteiger partial charge in [-0.05, 0) is 19.4 Å². The molecule has 0 saturated heterocycles. The molecule has 1 nitrogen and oxygen atoms in total. The lowest BCUT2D eigenvalue weighted by Gasteiger charge is -2.19. The summed E-state index contributed by atoms with van der Waals surface area (Å²) >= 11 is 0. The highest BCUT2D eigenvalue weighted by molar-refractivity contribution is 5.17. The maximum Gasteiger partial charge on any atom is 0.128 e. The molecule has 1 unspecified atom stereocenters. The summed E-state index contributed by atoms with van der Waals surface area (Å²) in [5.74, 6) is 0. The molecule has 1 aromatic rings. The van der Waals surface area contributed by atoms with Crippen molar-refractivity contribution < 1.29 is 9.50 Å². The minimum absolute atomic E-state index is 0.136. The van der Waals surface area contributed by atoms with E-state index in [1.165, 1.54) is 0 Å². The Kier molecular flexibility index (Phi) is 3.04. The smallest absolute Gasteiger partial charge is 0.128 e. The molecule has 1 aromatic carbocycles. The molecule has 0 fully saturated rings. The van der Waals surface area contributed by atoms with Crippen molar-refractivity contribution in [2.75, 3.05) is 0 Å². The number of benzene rings is 1. The fraction of sp³-hybridized carbons (Fsp3) is 0.455. The van der Waals surface area contributed by atoms with E-state index in [2.05, 4.69) is 0 Å². The summed E-state index contributed by atoms with van der Waals surface area (Å²) in [5, 5.41) is 9.41. The molecular weight excluding hydrogens is 167 g/mol. The fourth-order valence-corrected chi connectivity index (χ4v) is 1.22. The van der Waals surface area contributed by atoms with E-state index in [0.29, 0.717) is 5.56 Å². The molecule has 13 heavy (non-hydrogen) atoms. The Bertz CT molecular complexity index is 251. The quantitative estimate of drug-likeness (QED) is 0.762. The zero-order valence-corrected chi connectivity index (χ0v) is 8.00.